The van der Waals surface area contributed by atoms with E-state index >= 15 is 0 Å². The molecule has 3 aromatic rings. The Labute approximate surface area is 206 Å². The van der Waals surface area contributed by atoms with Crippen LogP contribution in [0.2, 0.25) is 0 Å². The molecule has 1 atom stereocenters. The van der Waals surface area contributed by atoms with E-state index in [1.165, 1.54) is 38.1 Å². The average Bonchev–Trinajstić information content (AvgIpc) is 3.54. The third kappa shape index (κ3) is 5.32. The zero-order valence-electron chi connectivity index (χ0n) is 20.7. The standard InChI is InChI=1S/C27H35FN6O/c1-19-17-26(34-25(30-19)18-24(31-34)21-5-7-23(28)8-6-21)33-15-10-22(11-16-33)27(35)29-12-9-20(2)32-13-3-4-14-32/h5-8,17-18,20,22H,3-4,9-16H2,1-2H3,(H,29,35). The maximum Gasteiger partial charge on any atom is 0.223 e. The van der Waals surface area contributed by atoms with Crippen LogP contribution in [0.3, 0.4) is 0 Å². The maximum absolute atomic E-state index is 13.3. The summed E-state index contributed by atoms with van der Waals surface area (Å²) in [6, 6.07) is 10.9. The second-order valence-corrected chi connectivity index (χ2v) is 10.00. The summed E-state index contributed by atoms with van der Waals surface area (Å²) in [5, 5.41) is 7.97. The number of benzene rings is 1. The topological polar surface area (TPSA) is 65.8 Å². The summed E-state index contributed by atoms with van der Waals surface area (Å²) < 4.78 is 15.2. The van der Waals surface area contributed by atoms with Gasteiger partial charge in [0.05, 0.1) is 5.69 Å². The largest absolute Gasteiger partial charge is 0.356 e. The Hall–Kier alpha value is -3.00. The highest BCUT2D eigenvalue weighted by Crippen LogP contribution is 2.27. The summed E-state index contributed by atoms with van der Waals surface area (Å²) >= 11 is 0. The third-order valence-electron chi connectivity index (χ3n) is 7.49. The first kappa shape index (κ1) is 23.7. The molecule has 186 valence electrons. The van der Waals surface area contributed by atoms with Gasteiger partial charge in [-0.05, 0) is 83.3 Å². The van der Waals surface area contributed by atoms with Crippen LogP contribution in [-0.2, 0) is 4.79 Å². The molecule has 2 saturated heterocycles. The minimum absolute atomic E-state index is 0.0548. The first-order chi connectivity index (χ1) is 17.0. The molecular weight excluding hydrogens is 443 g/mol. The summed E-state index contributed by atoms with van der Waals surface area (Å²) in [6.07, 6.45) is 5.24. The molecular formula is C27H35FN6O. The molecule has 0 saturated carbocycles. The molecule has 1 N–H and O–H groups in total. The van der Waals surface area contributed by atoms with Crippen molar-refractivity contribution in [2.75, 3.05) is 37.6 Å². The monoisotopic (exact) mass is 478 g/mol. The number of anilines is 1. The summed E-state index contributed by atoms with van der Waals surface area (Å²) in [5.41, 5.74) is 3.31. The van der Waals surface area contributed by atoms with Crippen LogP contribution in [0, 0.1) is 18.7 Å². The smallest absolute Gasteiger partial charge is 0.223 e. The number of hydrogen-bond donors (Lipinski definition) is 1. The molecule has 0 radical (unpaired) electrons. The molecule has 5 rings (SSSR count). The summed E-state index contributed by atoms with van der Waals surface area (Å²) in [7, 11) is 0. The van der Waals surface area contributed by atoms with Crippen molar-refractivity contribution in [3.63, 3.8) is 0 Å². The highest BCUT2D eigenvalue weighted by Gasteiger charge is 2.27. The third-order valence-corrected chi connectivity index (χ3v) is 7.49. The number of halogens is 1. The maximum atomic E-state index is 13.3. The lowest BCUT2D eigenvalue weighted by Crippen LogP contribution is -2.42. The van der Waals surface area contributed by atoms with Crippen molar-refractivity contribution in [3.8, 4) is 11.3 Å². The van der Waals surface area contributed by atoms with Gasteiger partial charge in [0.15, 0.2) is 5.65 Å². The van der Waals surface area contributed by atoms with Crippen LogP contribution in [0.15, 0.2) is 36.4 Å². The predicted molar refractivity (Wildman–Crippen MR) is 136 cm³/mol. The second kappa shape index (κ2) is 10.3. The van der Waals surface area contributed by atoms with Crippen molar-refractivity contribution in [1.82, 2.24) is 24.8 Å². The van der Waals surface area contributed by atoms with E-state index in [9.17, 15) is 9.18 Å². The molecule has 4 heterocycles. The van der Waals surface area contributed by atoms with Crippen LogP contribution in [-0.4, -0.2) is 64.2 Å². The van der Waals surface area contributed by atoms with E-state index in [2.05, 4.69) is 33.1 Å². The molecule has 35 heavy (non-hydrogen) atoms. The zero-order valence-corrected chi connectivity index (χ0v) is 20.7. The van der Waals surface area contributed by atoms with E-state index in [1.807, 2.05) is 17.5 Å². The van der Waals surface area contributed by atoms with Crippen LogP contribution in [0.4, 0.5) is 10.2 Å². The number of nitrogens with one attached hydrogen (secondary N) is 1. The van der Waals surface area contributed by atoms with E-state index in [4.69, 9.17) is 5.10 Å². The fourth-order valence-corrected chi connectivity index (χ4v) is 5.35. The van der Waals surface area contributed by atoms with Gasteiger partial charge in [0.1, 0.15) is 11.6 Å². The Morgan fingerprint density at radius 2 is 1.83 bits per heavy atom. The highest BCUT2D eigenvalue weighted by molar-refractivity contribution is 5.79. The predicted octanol–water partition coefficient (Wildman–Crippen LogP) is 4.05. The number of carbonyl (C=O) groups is 1. The number of likely N-dealkylation sites (tertiary alicyclic amines) is 1. The lowest BCUT2D eigenvalue weighted by atomic mass is 9.96. The number of aryl methyl sites for hydroxylation is 1. The molecule has 8 heteroatoms. The van der Waals surface area contributed by atoms with Crippen LogP contribution in [0.25, 0.3) is 16.9 Å². The Kier molecular flexibility index (Phi) is 7.00. The zero-order chi connectivity index (χ0) is 24.4. The van der Waals surface area contributed by atoms with Crippen LogP contribution in [0.5, 0.6) is 0 Å². The number of carbonyl (C=O) groups excluding carboxylic acids is 1. The fourth-order valence-electron chi connectivity index (χ4n) is 5.35. The number of nitrogens with zero attached hydrogens (tertiary/aromatic N) is 5. The van der Waals surface area contributed by atoms with Gasteiger partial charge in [-0.3, -0.25) is 4.79 Å². The number of fused-ring (bicyclic) bond motifs is 1. The molecule has 0 spiro atoms. The van der Waals surface area contributed by atoms with Gasteiger partial charge < -0.3 is 15.1 Å². The Morgan fingerprint density at radius 3 is 2.54 bits per heavy atom. The molecule has 1 amide bonds. The number of amides is 1. The molecule has 2 aromatic heterocycles. The quantitative estimate of drug-likeness (QED) is 0.555. The van der Waals surface area contributed by atoms with Crippen molar-refractivity contribution in [3.05, 3.63) is 47.9 Å². The normalized spacial score (nSPS) is 18.3. The van der Waals surface area contributed by atoms with E-state index in [-0.39, 0.29) is 17.6 Å². The number of piperidine rings is 1. The average molecular weight is 479 g/mol. The van der Waals surface area contributed by atoms with Crippen LogP contribution < -0.4 is 10.2 Å². The van der Waals surface area contributed by atoms with Crippen molar-refractivity contribution < 1.29 is 9.18 Å². The van der Waals surface area contributed by atoms with E-state index in [1.54, 1.807) is 12.1 Å². The summed E-state index contributed by atoms with van der Waals surface area (Å²) in [4.78, 5) is 22.3. The lowest BCUT2D eigenvalue weighted by molar-refractivity contribution is -0.125. The number of aromatic nitrogens is 3. The first-order valence-electron chi connectivity index (χ1n) is 12.9. The molecule has 0 bridgehead atoms. The Balaban J connectivity index is 1.21. The molecule has 2 aliphatic heterocycles. The SMILES string of the molecule is Cc1cc(N2CCC(C(=O)NCCC(C)N3CCCC3)CC2)n2nc(-c3ccc(F)cc3)cc2n1. The molecule has 2 aliphatic rings. The van der Waals surface area contributed by atoms with Gasteiger partial charge >= 0.3 is 0 Å². The fraction of sp³-hybridized carbons (Fsp3) is 0.519. The lowest BCUT2D eigenvalue weighted by Gasteiger charge is -2.33. The molecule has 1 aromatic carbocycles. The van der Waals surface area contributed by atoms with Gasteiger partial charge in [-0.2, -0.15) is 9.61 Å². The number of hydrogen-bond acceptors (Lipinski definition) is 5. The molecule has 7 nitrogen and oxygen atoms in total. The van der Waals surface area contributed by atoms with Gasteiger partial charge in [0.2, 0.25) is 5.91 Å². The highest BCUT2D eigenvalue weighted by atomic mass is 19.1. The van der Waals surface area contributed by atoms with Gasteiger partial charge in [0.25, 0.3) is 0 Å². The number of rotatable bonds is 7. The van der Waals surface area contributed by atoms with Gasteiger partial charge in [-0.15, -0.1) is 0 Å². The van der Waals surface area contributed by atoms with Gasteiger partial charge in [-0.1, -0.05) is 0 Å². The van der Waals surface area contributed by atoms with E-state index in [0.29, 0.717) is 6.04 Å². The molecule has 0 aliphatic carbocycles. The summed E-state index contributed by atoms with van der Waals surface area (Å²) in [6.45, 7) is 8.98. The minimum atomic E-state index is -0.264. The van der Waals surface area contributed by atoms with Gasteiger partial charge in [-0.25, -0.2) is 9.37 Å². The van der Waals surface area contributed by atoms with Gasteiger partial charge in [0, 0.05) is 55.0 Å². The van der Waals surface area contributed by atoms with Crippen molar-refractivity contribution >= 4 is 17.4 Å². The van der Waals surface area contributed by atoms with Crippen molar-refractivity contribution in [2.24, 2.45) is 5.92 Å². The molecule has 1 unspecified atom stereocenters. The van der Waals surface area contributed by atoms with Crippen molar-refractivity contribution in [1.29, 1.82) is 0 Å². The van der Waals surface area contributed by atoms with Crippen LogP contribution >= 0.6 is 0 Å². The van der Waals surface area contributed by atoms with E-state index < -0.39 is 0 Å². The Morgan fingerprint density at radius 1 is 1.11 bits per heavy atom. The molecule has 2 fully saturated rings. The minimum Gasteiger partial charge on any atom is -0.356 e. The second-order valence-electron chi connectivity index (χ2n) is 10.00. The van der Waals surface area contributed by atoms with E-state index in [0.717, 1.165) is 67.3 Å². The van der Waals surface area contributed by atoms with Crippen LogP contribution in [0.1, 0.15) is 44.7 Å². The summed E-state index contributed by atoms with van der Waals surface area (Å²) in [5.74, 6) is 0.963. The first-order valence-corrected chi connectivity index (χ1v) is 12.9. The van der Waals surface area contributed by atoms with Crippen molar-refractivity contribution in [2.45, 2.75) is 52.0 Å². The Bertz CT molecular complexity index is 1160.